The number of nitriles is 1. The van der Waals surface area contributed by atoms with Gasteiger partial charge in [0.15, 0.2) is 5.82 Å². The molecule has 15 nitrogen and oxygen atoms in total. The fourth-order valence-electron chi connectivity index (χ4n) is 9.00. The minimum absolute atomic E-state index is 0.233. The molecule has 1 unspecified atom stereocenters. The predicted octanol–water partition coefficient (Wildman–Crippen LogP) is 6.61. The molecule has 3 aromatic carbocycles. The summed E-state index contributed by atoms with van der Waals surface area (Å²) in [6, 6.07) is 19.3. The Bertz CT molecular complexity index is 2440. The molecule has 3 saturated heterocycles. The standard InChI is InChI=1S/C47H59ClN11O4P/c1-4-31-27-40(54-47-51-30-37(48)45(56-47)53-38-11-7-8-12-42(38)64(2,3)63)36(44(50)61)28-41(31)59-20-17-35(18-21-59)58-24-22-57(23-25-58)19-9-5-6-10-32-13-14-34(26-33(32)29-49)52-39-15-16-43(60)55-46(39)62/h7-8,11-14,26-28,30,35,39,52H,4-6,9-10,15-25H2,1-3H3,(H2,50,61)(H,55,60,62)(H2,51,53,54,56). The number of nitrogens with two attached hydrogens (primary N) is 1. The van der Waals surface area contributed by atoms with E-state index in [1.54, 1.807) is 19.4 Å². The normalized spacial score (nSPS) is 17.7. The molecule has 3 amide bonds. The van der Waals surface area contributed by atoms with E-state index in [1.165, 1.54) is 6.20 Å². The lowest BCUT2D eigenvalue weighted by Crippen LogP contribution is -2.53. The van der Waals surface area contributed by atoms with Gasteiger partial charge in [0.1, 0.15) is 18.2 Å². The predicted molar refractivity (Wildman–Crippen MR) is 255 cm³/mol. The number of primary amides is 1. The number of benzene rings is 3. The van der Waals surface area contributed by atoms with E-state index in [2.05, 4.69) is 58.9 Å². The van der Waals surface area contributed by atoms with Gasteiger partial charge >= 0.3 is 0 Å². The monoisotopic (exact) mass is 907 g/mol. The minimum atomic E-state index is -2.59. The third-order valence-corrected chi connectivity index (χ3v) is 14.4. The number of nitrogens with one attached hydrogen (secondary N) is 4. The molecule has 0 saturated carbocycles. The van der Waals surface area contributed by atoms with Crippen molar-refractivity contribution < 1.29 is 18.9 Å². The fourth-order valence-corrected chi connectivity index (χ4v) is 10.3. The van der Waals surface area contributed by atoms with Crippen molar-refractivity contribution in [2.45, 2.75) is 76.8 Å². The van der Waals surface area contributed by atoms with Crippen LogP contribution in [-0.4, -0.2) is 109 Å². The molecule has 7 rings (SSSR count). The van der Waals surface area contributed by atoms with Crippen molar-refractivity contribution in [3.05, 3.63) is 88.1 Å². The Labute approximate surface area is 380 Å². The van der Waals surface area contributed by atoms with Crippen LogP contribution in [0.1, 0.15) is 78.9 Å². The van der Waals surface area contributed by atoms with E-state index >= 15 is 0 Å². The first kappa shape index (κ1) is 46.5. The van der Waals surface area contributed by atoms with E-state index in [9.17, 15) is 24.2 Å². The highest BCUT2D eigenvalue weighted by molar-refractivity contribution is 7.70. The molecule has 17 heteroatoms. The van der Waals surface area contributed by atoms with Gasteiger partial charge in [-0.1, -0.05) is 43.1 Å². The summed E-state index contributed by atoms with van der Waals surface area (Å²) >= 11 is 6.51. The SMILES string of the molecule is CCc1cc(Nc2ncc(Cl)c(Nc3ccccc3P(C)(C)=O)n2)c(C(N)=O)cc1N1CCC(N2CCN(CCCCCc3ccc(NC4CCC(=O)NC4=O)cc3C#N)CC2)CC1. The number of imide groups is 1. The van der Waals surface area contributed by atoms with Crippen LogP contribution in [0.5, 0.6) is 0 Å². The number of amides is 3. The number of aryl methyl sites for hydroxylation is 2. The van der Waals surface area contributed by atoms with Crippen LogP contribution in [0, 0.1) is 11.3 Å². The van der Waals surface area contributed by atoms with Crippen molar-refractivity contribution in [1.82, 2.24) is 25.1 Å². The van der Waals surface area contributed by atoms with Crippen LogP contribution in [0.15, 0.2) is 60.8 Å². The Balaban J connectivity index is 0.871. The molecule has 3 aliphatic rings. The molecule has 1 aromatic heterocycles. The minimum Gasteiger partial charge on any atom is -0.374 e. The summed E-state index contributed by atoms with van der Waals surface area (Å²) in [5, 5.41) is 22.8. The number of carbonyl (C=O) groups is 3. The van der Waals surface area contributed by atoms with E-state index in [-0.39, 0.29) is 22.8 Å². The van der Waals surface area contributed by atoms with Crippen LogP contribution in [0.4, 0.5) is 34.5 Å². The largest absolute Gasteiger partial charge is 0.374 e. The third-order valence-electron chi connectivity index (χ3n) is 12.6. The van der Waals surface area contributed by atoms with Crippen molar-refractivity contribution in [1.29, 1.82) is 5.26 Å². The maximum absolute atomic E-state index is 13.0. The lowest BCUT2D eigenvalue weighted by molar-refractivity contribution is -0.133. The maximum Gasteiger partial charge on any atom is 0.250 e. The van der Waals surface area contributed by atoms with E-state index < -0.39 is 19.1 Å². The van der Waals surface area contributed by atoms with Crippen LogP contribution in [0.25, 0.3) is 0 Å². The highest BCUT2D eigenvalue weighted by Gasteiger charge is 2.30. The van der Waals surface area contributed by atoms with Gasteiger partial charge in [-0.25, -0.2) is 4.98 Å². The number of rotatable bonds is 17. The van der Waals surface area contributed by atoms with E-state index in [1.807, 2.05) is 48.5 Å². The molecule has 4 aromatic rings. The van der Waals surface area contributed by atoms with Crippen molar-refractivity contribution >= 4 is 76.3 Å². The molecule has 3 aliphatic heterocycles. The zero-order valence-electron chi connectivity index (χ0n) is 37.0. The number of piperazine rings is 1. The number of hydrogen-bond donors (Lipinski definition) is 5. The average Bonchev–Trinajstić information content (AvgIpc) is 3.28. The highest BCUT2D eigenvalue weighted by Crippen LogP contribution is 2.39. The van der Waals surface area contributed by atoms with E-state index in [4.69, 9.17) is 17.3 Å². The van der Waals surface area contributed by atoms with Gasteiger partial charge in [-0.05, 0) is 112 Å². The van der Waals surface area contributed by atoms with Gasteiger partial charge in [-0.15, -0.1) is 0 Å². The lowest BCUT2D eigenvalue weighted by atomic mass is 9.98. The molecule has 6 N–H and O–H groups in total. The number of piperidine rings is 2. The third kappa shape index (κ3) is 11.6. The fraction of sp³-hybridized carbons (Fsp3) is 0.447. The summed E-state index contributed by atoms with van der Waals surface area (Å²) in [6.07, 6.45) is 9.08. The number of carbonyl (C=O) groups excluding carboxylic acids is 3. The second kappa shape index (κ2) is 21.0. The Morgan fingerprint density at radius 1 is 0.953 bits per heavy atom. The second-order valence-corrected chi connectivity index (χ2v) is 20.9. The van der Waals surface area contributed by atoms with Crippen LogP contribution in [0.2, 0.25) is 5.02 Å². The number of halogens is 1. The zero-order chi connectivity index (χ0) is 45.4. The van der Waals surface area contributed by atoms with Crippen LogP contribution in [-0.2, 0) is 27.0 Å². The number of para-hydroxylation sites is 1. The molecular weight excluding hydrogens is 849 g/mol. The quantitative estimate of drug-likeness (QED) is 0.0431. The first-order valence-electron chi connectivity index (χ1n) is 22.3. The van der Waals surface area contributed by atoms with Crippen molar-refractivity contribution in [3.63, 3.8) is 0 Å². The Morgan fingerprint density at radius 3 is 2.42 bits per heavy atom. The summed E-state index contributed by atoms with van der Waals surface area (Å²) in [4.78, 5) is 53.1. The Morgan fingerprint density at radius 2 is 1.72 bits per heavy atom. The topological polar surface area (TPSA) is 202 Å². The molecule has 0 bridgehead atoms. The molecular formula is C47H59ClN11O4P. The summed E-state index contributed by atoms with van der Waals surface area (Å²) in [5.74, 6) is -0.560. The molecule has 338 valence electrons. The Kier molecular flexibility index (Phi) is 15.2. The molecule has 3 fully saturated rings. The van der Waals surface area contributed by atoms with Crippen molar-refractivity contribution in [3.8, 4) is 6.07 Å². The van der Waals surface area contributed by atoms with Gasteiger partial charge in [-0.3, -0.25) is 24.6 Å². The smallest absolute Gasteiger partial charge is 0.250 e. The number of unbranched alkanes of at least 4 members (excludes halogenated alkanes) is 2. The first-order chi connectivity index (χ1) is 30.8. The van der Waals surface area contributed by atoms with Crippen LogP contribution in [0.3, 0.4) is 0 Å². The second-order valence-electron chi connectivity index (χ2n) is 17.3. The van der Waals surface area contributed by atoms with Gasteiger partial charge in [0.05, 0.1) is 34.8 Å². The number of nitrogens with zero attached hydrogens (tertiary/aromatic N) is 6. The summed E-state index contributed by atoms with van der Waals surface area (Å²) in [6.45, 7) is 12.6. The van der Waals surface area contributed by atoms with Gasteiger partial charge in [0.25, 0.3) is 5.91 Å². The maximum atomic E-state index is 13.0. The van der Waals surface area contributed by atoms with E-state index in [0.29, 0.717) is 58.2 Å². The molecule has 0 aliphatic carbocycles. The van der Waals surface area contributed by atoms with Crippen molar-refractivity contribution in [2.75, 3.05) is 80.0 Å². The van der Waals surface area contributed by atoms with Crippen molar-refractivity contribution in [2.24, 2.45) is 5.73 Å². The number of anilines is 6. The lowest BCUT2D eigenvalue weighted by Gasteiger charge is -2.43. The summed E-state index contributed by atoms with van der Waals surface area (Å²) in [5.41, 5.74) is 11.9. The van der Waals surface area contributed by atoms with Gasteiger partial charge < -0.3 is 36.0 Å². The Hall–Kier alpha value is -5.52. The average molecular weight is 908 g/mol. The highest BCUT2D eigenvalue weighted by atomic mass is 35.5. The summed E-state index contributed by atoms with van der Waals surface area (Å²) in [7, 11) is -2.59. The first-order valence-corrected chi connectivity index (χ1v) is 25.3. The number of hydrogen-bond acceptors (Lipinski definition) is 13. The van der Waals surface area contributed by atoms with Crippen LogP contribution < -0.4 is 37.2 Å². The van der Waals surface area contributed by atoms with Gasteiger partial charge in [-0.2, -0.15) is 10.2 Å². The van der Waals surface area contributed by atoms with Gasteiger partial charge in [0.2, 0.25) is 17.8 Å². The van der Waals surface area contributed by atoms with Gasteiger partial charge in [0, 0.05) is 68.4 Å². The van der Waals surface area contributed by atoms with Crippen LogP contribution >= 0.6 is 18.7 Å². The molecule has 4 heterocycles. The molecule has 0 spiro atoms. The number of aromatic nitrogens is 2. The molecule has 0 radical (unpaired) electrons. The molecule has 1 atom stereocenters. The van der Waals surface area contributed by atoms with E-state index in [0.717, 1.165) is 108 Å². The molecule has 64 heavy (non-hydrogen) atoms. The zero-order valence-corrected chi connectivity index (χ0v) is 38.6. The summed E-state index contributed by atoms with van der Waals surface area (Å²) < 4.78 is 13.0.